The molecule has 1 saturated heterocycles. The Morgan fingerprint density at radius 2 is 2.09 bits per heavy atom. The van der Waals surface area contributed by atoms with E-state index in [4.69, 9.17) is 4.42 Å². The fourth-order valence-electron chi connectivity index (χ4n) is 2.85. The lowest BCUT2D eigenvalue weighted by atomic mass is 10.0. The molecule has 1 aliphatic heterocycles. The average Bonchev–Trinajstić information content (AvgIpc) is 2.98. The maximum atomic E-state index is 12.2. The van der Waals surface area contributed by atoms with Gasteiger partial charge < -0.3 is 15.1 Å². The highest BCUT2D eigenvalue weighted by Gasteiger charge is 2.27. The average molecular weight is 321 g/mol. The summed E-state index contributed by atoms with van der Waals surface area (Å²) < 4.78 is 5.22. The molecular weight excluding hydrogens is 294 g/mol. The van der Waals surface area contributed by atoms with Crippen molar-refractivity contribution in [3.63, 3.8) is 0 Å². The van der Waals surface area contributed by atoms with Crippen LogP contribution in [0.5, 0.6) is 0 Å². The first-order valence-corrected chi connectivity index (χ1v) is 8.39. The first kappa shape index (κ1) is 17.5. The molecule has 2 N–H and O–H groups in total. The smallest absolute Gasteiger partial charge is 0.287 e. The lowest BCUT2D eigenvalue weighted by Gasteiger charge is -2.35. The van der Waals surface area contributed by atoms with E-state index in [-0.39, 0.29) is 23.9 Å². The number of carbonyl (C=O) groups excluding carboxylic acids is 2. The molecule has 128 valence electrons. The molecule has 0 unspecified atom stereocenters. The molecule has 2 rings (SSSR count). The molecule has 1 fully saturated rings. The van der Waals surface area contributed by atoms with E-state index >= 15 is 0 Å². The summed E-state index contributed by atoms with van der Waals surface area (Å²) in [5, 5.41) is 5.96. The lowest BCUT2D eigenvalue weighted by molar-refractivity contribution is -0.126. The highest BCUT2D eigenvalue weighted by molar-refractivity contribution is 5.93. The van der Waals surface area contributed by atoms with Gasteiger partial charge in [0, 0.05) is 31.2 Å². The zero-order chi connectivity index (χ0) is 16.8. The minimum Gasteiger partial charge on any atom is -0.459 e. The van der Waals surface area contributed by atoms with Crippen LogP contribution in [-0.2, 0) is 4.79 Å². The van der Waals surface area contributed by atoms with Crippen LogP contribution >= 0.6 is 0 Å². The van der Waals surface area contributed by atoms with Crippen LogP contribution in [-0.4, -0.2) is 48.4 Å². The number of hydrogen-bond donors (Lipinski definition) is 2. The maximum Gasteiger partial charge on any atom is 0.287 e. The van der Waals surface area contributed by atoms with Gasteiger partial charge in [-0.25, -0.2) is 0 Å². The lowest BCUT2D eigenvalue weighted by Crippen LogP contribution is -2.51. The highest BCUT2D eigenvalue weighted by Crippen LogP contribution is 2.15. The van der Waals surface area contributed by atoms with Crippen LogP contribution in [0.1, 0.15) is 49.2 Å². The Labute approximate surface area is 137 Å². The summed E-state index contributed by atoms with van der Waals surface area (Å²) in [4.78, 5) is 26.3. The minimum atomic E-state index is -0.153. The monoisotopic (exact) mass is 321 g/mol. The van der Waals surface area contributed by atoms with E-state index in [1.54, 1.807) is 6.07 Å². The molecule has 1 aromatic heterocycles. The van der Waals surface area contributed by atoms with E-state index in [9.17, 15) is 9.59 Å². The highest BCUT2D eigenvalue weighted by atomic mass is 16.3. The molecule has 23 heavy (non-hydrogen) atoms. The van der Waals surface area contributed by atoms with E-state index in [2.05, 4.69) is 15.5 Å². The molecular formula is C17H27N3O3. The Bertz CT molecular complexity index is 533. The van der Waals surface area contributed by atoms with Gasteiger partial charge in [0.25, 0.3) is 5.91 Å². The number of nitrogens with zero attached hydrogens (tertiary/aromatic N) is 1. The molecule has 1 atom stereocenters. The van der Waals surface area contributed by atoms with Crippen LogP contribution in [0.3, 0.4) is 0 Å². The third-order valence-corrected chi connectivity index (χ3v) is 4.41. The van der Waals surface area contributed by atoms with Gasteiger partial charge in [0.15, 0.2) is 5.76 Å². The van der Waals surface area contributed by atoms with Gasteiger partial charge in [-0.2, -0.15) is 0 Å². The van der Waals surface area contributed by atoms with Gasteiger partial charge in [0.1, 0.15) is 0 Å². The maximum absolute atomic E-state index is 12.2. The predicted octanol–water partition coefficient (Wildman–Crippen LogP) is 1.70. The number of furan rings is 1. The van der Waals surface area contributed by atoms with Crippen molar-refractivity contribution < 1.29 is 14.0 Å². The van der Waals surface area contributed by atoms with Crippen molar-refractivity contribution in [3.8, 4) is 0 Å². The molecule has 6 heteroatoms. The minimum absolute atomic E-state index is 0.0838. The second-order valence-corrected chi connectivity index (χ2v) is 6.18. The molecule has 0 spiro atoms. The van der Waals surface area contributed by atoms with Crippen molar-refractivity contribution in [1.29, 1.82) is 0 Å². The second kappa shape index (κ2) is 8.15. The van der Waals surface area contributed by atoms with E-state index in [0.29, 0.717) is 5.76 Å². The van der Waals surface area contributed by atoms with Gasteiger partial charge in [0.05, 0.1) is 12.3 Å². The summed E-state index contributed by atoms with van der Waals surface area (Å²) in [6, 6.07) is 1.80. The number of aryl methyl sites for hydroxylation is 1. The Hall–Kier alpha value is -1.82. The van der Waals surface area contributed by atoms with Crippen molar-refractivity contribution in [2.45, 2.75) is 52.1 Å². The fraction of sp³-hybridized carbons (Fsp3) is 0.647. The van der Waals surface area contributed by atoms with Crippen LogP contribution in [0, 0.1) is 6.92 Å². The van der Waals surface area contributed by atoms with E-state index in [1.165, 1.54) is 6.26 Å². The van der Waals surface area contributed by atoms with Crippen LogP contribution in [0.2, 0.25) is 0 Å². The van der Waals surface area contributed by atoms with Crippen LogP contribution in [0.25, 0.3) is 0 Å². The summed E-state index contributed by atoms with van der Waals surface area (Å²) >= 11 is 0. The number of rotatable bonds is 6. The number of hydrogen-bond acceptors (Lipinski definition) is 4. The van der Waals surface area contributed by atoms with Crippen LogP contribution < -0.4 is 10.6 Å². The van der Waals surface area contributed by atoms with Crippen molar-refractivity contribution in [2.24, 2.45) is 0 Å². The van der Waals surface area contributed by atoms with Crippen molar-refractivity contribution in [2.75, 3.05) is 19.6 Å². The van der Waals surface area contributed by atoms with Crippen molar-refractivity contribution in [1.82, 2.24) is 15.5 Å². The fourth-order valence-corrected chi connectivity index (χ4v) is 2.85. The summed E-state index contributed by atoms with van der Waals surface area (Å²) in [7, 11) is 0. The van der Waals surface area contributed by atoms with Crippen molar-refractivity contribution >= 4 is 11.8 Å². The summed E-state index contributed by atoms with van der Waals surface area (Å²) in [5.74, 6) is 0.319. The van der Waals surface area contributed by atoms with Crippen LogP contribution in [0.15, 0.2) is 16.7 Å². The zero-order valence-electron chi connectivity index (χ0n) is 14.2. The number of nitrogens with one attached hydrogen (secondary N) is 2. The zero-order valence-corrected chi connectivity index (χ0v) is 14.2. The SMILES string of the molecule is CCCNC(=O)[C@H](C)N1CCC(NC(=O)c2occc2C)CC1. The molecule has 1 aromatic rings. The van der Waals surface area contributed by atoms with Gasteiger partial charge in [-0.05, 0) is 39.2 Å². The molecule has 1 aliphatic rings. The second-order valence-electron chi connectivity index (χ2n) is 6.18. The molecule has 0 radical (unpaired) electrons. The van der Waals surface area contributed by atoms with E-state index in [1.807, 2.05) is 20.8 Å². The summed E-state index contributed by atoms with van der Waals surface area (Å²) in [6.07, 6.45) is 4.16. The standard InChI is InChI=1S/C17H27N3O3/c1-4-8-18-16(21)13(3)20-9-5-14(6-10-20)19-17(22)15-12(2)7-11-23-15/h7,11,13-14H,4-6,8-10H2,1-3H3,(H,18,21)(H,19,22)/t13-/m0/s1. The van der Waals surface area contributed by atoms with Crippen molar-refractivity contribution in [3.05, 3.63) is 23.7 Å². The van der Waals surface area contributed by atoms with E-state index < -0.39 is 0 Å². The quantitative estimate of drug-likeness (QED) is 0.836. The Kier molecular flexibility index (Phi) is 6.21. The largest absolute Gasteiger partial charge is 0.459 e. The molecule has 0 saturated carbocycles. The summed E-state index contributed by atoms with van der Waals surface area (Å²) in [5.41, 5.74) is 0.848. The molecule has 2 amide bonds. The van der Waals surface area contributed by atoms with Gasteiger partial charge in [0.2, 0.25) is 5.91 Å². The Balaban J connectivity index is 1.78. The van der Waals surface area contributed by atoms with Gasteiger partial charge in [-0.15, -0.1) is 0 Å². The normalized spacial score (nSPS) is 17.7. The molecule has 0 aliphatic carbocycles. The number of amides is 2. The third kappa shape index (κ3) is 4.58. The predicted molar refractivity (Wildman–Crippen MR) is 88.3 cm³/mol. The first-order valence-electron chi connectivity index (χ1n) is 8.39. The number of carbonyl (C=O) groups is 2. The Morgan fingerprint density at radius 3 is 2.65 bits per heavy atom. The Morgan fingerprint density at radius 1 is 1.39 bits per heavy atom. The van der Waals surface area contributed by atoms with E-state index in [0.717, 1.165) is 44.5 Å². The topological polar surface area (TPSA) is 74.6 Å². The number of likely N-dealkylation sites (tertiary alicyclic amines) is 1. The first-order chi connectivity index (χ1) is 11.0. The molecule has 0 aromatic carbocycles. The molecule has 2 heterocycles. The van der Waals surface area contributed by atoms with Gasteiger partial charge >= 0.3 is 0 Å². The summed E-state index contributed by atoms with van der Waals surface area (Å²) in [6.45, 7) is 8.18. The van der Waals surface area contributed by atoms with Gasteiger partial charge in [-0.3, -0.25) is 14.5 Å². The van der Waals surface area contributed by atoms with Gasteiger partial charge in [-0.1, -0.05) is 6.92 Å². The third-order valence-electron chi connectivity index (χ3n) is 4.41. The number of piperidine rings is 1. The van der Waals surface area contributed by atoms with Crippen LogP contribution in [0.4, 0.5) is 0 Å². The molecule has 6 nitrogen and oxygen atoms in total. The molecule has 0 bridgehead atoms.